The number of nitrogen functional groups attached to an aromatic ring is 1. The minimum absolute atomic E-state index is 0.264. The number of anilines is 3. The maximum absolute atomic E-state index is 12.5. The number of pyridine rings is 2. The summed E-state index contributed by atoms with van der Waals surface area (Å²) in [6.07, 6.45) is 5.49. The van der Waals surface area contributed by atoms with E-state index in [9.17, 15) is 9.59 Å². The highest BCUT2D eigenvalue weighted by atomic mass is 32.1. The van der Waals surface area contributed by atoms with E-state index in [0.29, 0.717) is 23.5 Å². The van der Waals surface area contributed by atoms with Crippen molar-refractivity contribution >= 4 is 40.3 Å². The topological polar surface area (TPSA) is 125 Å². The zero-order valence-corrected chi connectivity index (χ0v) is 18.1. The highest BCUT2D eigenvalue weighted by Crippen LogP contribution is 2.23. The van der Waals surface area contributed by atoms with Crippen molar-refractivity contribution in [3.05, 3.63) is 64.9 Å². The van der Waals surface area contributed by atoms with E-state index < -0.39 is 0 Å². The fourth-order valence-electron chi connectivity index (χ4n) is 2.81. The number of carbonyl (C=O) groups excluding carboxylic acids is 2. The highest BCUT2D eigenvalue weighted by molar-refractivity contribution is 7.09. The fraction of sp³-hybridized carbons (Fsp3) is 0.238. The lowest BCUT2D eigenvalue weighted by molar-refractivity contribution is 0.102. The highest BCUT2D eigenvalue weighted by Gasteiger charge is 2.17. The van der Waals surface area contributed by atoms with E-state index in [0.717, 1.165) is 12.1 Å². The Balaban J connectivity index is 1.68. The zero-order chi connectivity index (χ0) is 22.2. The Morgan fingerprint density at radius 3 is 2.61 bits per heavy atom. The maximum Gasteiger partial charge on any atom is 0.319 e. The van der Waals surface area contributed by atoms with Gasteiger partial charge in [0, 0.05) is 23.2 Å². The first-order chi connectivity index (χ1) is 14.9. The zero-order valence-electron chi connectivity index (χ0n) is 17.3. The van der Waals surface area contributed by atoms with Crippen molar-refractivity contribution in [2.24, 2.45) is 0 Å². The molecule has 3 heterocycles. The van der Waals surface area contributed by atoms with Crippen LogP contribution in [0.1, 0.15) is 28.5 Å². The van der Waals surface area contributed by atoms with Crippen LogP contribution in [-0.2, 0) is 0 Å². The summed E-state index contributed by atoms with van der Waals surface area (Å²) in [7, 11) is 3.93. The molecule has 31 heavy (non-hydrogen) atoms. The van der Waals surface area contributed by atoms with Crippen LogP contribution in [0.2, 0.25) is 0 Å². The van der Waals surface area contributed by atoms with Gasteiger partial charge in [-0.25, -0.2) is 4.79 Å². The molecule has 0 radical (unpaired) electrons. The third-order valence-electron chi connectivity index (χ3n) is 4.45. The number of nitrogens with zero attached hydrogens (tertiary/aromatic N) is 3. The van der Waals surface area contributed by atoms with Gasteiger partial charge in [0.2, 0.25) is 0 Å². The minimum atomic E-state index is -0.344. The lowest BCUT2D eigenvalue weighted by Crippen LogP contribution is -2.34. The smallest absolute Gasteiger partial charge is 0.319 e. The molecule has 3 aromatic rings. The number of carbonyl (C=O) groups is 2. The second-order valence-electron chi connectivity index (χ2n) is 7.16. The van der Waals surface area contributed by atoms with Crippen LogP contribution in [-0.4, -0.2) is 47.4 Å². The van der Waals surface area contributed by atoms with Crippen molar-refractivity contribution in [3.8, 4) is 0 Å². The Morgan fingerprint density at radius 2 is 2.00 bits per heavy atom. The molecule has 0 saturated carbocycles. The summed E-state index contributed by atoms with van der Waals surface area (Å²) < 4.78 is 0. The summed E-state index contributed by atoms with van der Waals surface area (Å²) in [6, 6.07) is 6.32. The fourth-order valence-corrected chi connectivity index (χ4v) is 3.48. The van der Waals surface area contributed by atoms with Crippen molar-refractivity contribution in [1.82, 2.24) is 20.2 Å². The molecule has 1 atom stereocenters. The van der Waals surface area contributed by atoms with Crippen LogP contribution in [0.25, 0.3) is 0 Å². The molecule has 1 unspecified atom stereocenters. The summed E-state index contributed by atoms with van der Waals surface area (Å²) in [6.45, 7) is 0.761. The molecule has 3 aromatic heterocycles. The third-order valence-corrected chi connectivity index (χ3v) is 5.21. The molecule has 0 bridgehead atoms. The first kappa shape index (κ1) is 22.2. The number of hydrogen-bond acceptors (Lipinski definition) is 7. The number of nitrogens with one attached hydrogen (secondary N) is 3. The van der Waals surface area contributed by atoms with Gasteiger partial charge < -0.3 is 26.6 Å². The van der Waals surface area contributed by atoms with Crippen LogP contribution in [0.3, 0.4) is 0 Å². The van der Waals surface area contributed by atoms with Gasteiger partial charge in [0.15, 0.2) is 0 Å². The van der Waals surface area contributed by atoms with E-state index in [1.807, 2.05) is 19.0 Å². The van der Waals surface area contributed by atoms with Crippen LogP contribution in [0.15, 0.2) is 53.6 Å². The lowest BCUT2D eigenvalue weighted by Gasteiger charge is -2.21. The molecular weight excluding hydrogens is 414 g/mol. The van der Waals surface area contributed by atoms with E-state index >= 15 is 0 Å². The van der Waals surface area contributed by atoms with Crippen LogP contribution in [0.4, 0.5) is 21.9 Å². The molecule has 3 amide bonds. The SMILES string of the molecule is CN(C)CCC(NC(=O)Nc1cccnc1)c1ccc(C(=O)Nc2cscc2N)nc1. The number of thiophene rings is 1. The number of aromatic nitrogens is 2. The number of amides is 3. The molecule has 5 N–H and O–H groups in total. The monoisotopic (exact) mass is 439 g/mol. The molecule has 0 fully saturated rings. The summed E-state index contributed by atoms with van der Waals surface area (Å²) in [5.41, 5.74) is 8.56. The summed E-state index contributed by atoms with van der Waals surface area (Å²) >= 11 is 1.41. The molecule has 9 nitrogen and oxygen atoms in total. The van der Waals surface area contributed by atoms with Crippen LogP contribution in [0.5, 0.6) is 0 Å². The molecule has 162 valence electrons. The Kier molecular flexibility index (Phi) is 7.52. The van der Waals surface area contributed by atoms with Gasteiger partial charge in [-0.3, -0.25) is 14.8 Å². The Bertz CT molecular complexity index is 1010. The Labute approximate surface area is 184 Å². The van der Waals surface area contributed by atoms with E-state index in [1.165, 1.54) is 11.3 Å². The van der Waals surface area contributed by atoms with Crippen molar-refractivity contribution in [2.45, 2.75) is 12.5 Å². The third kappa shape index (κ3) is 6.49. The van der Waals surface area contributed by atoms with Crippen molar-refractivity contribution in [1.29, 1.82) is 0 Å². The normalized spacial score (nSPS) is 11.7. The lowest BCUT2D eigenvalue weighted by atomic mass is 10.1. The predicted molar refractivity (Wildman–Crippen MR) is 123 cm³/mol. The molecule has 3 rings (SSSR count). The van der Waals surface area contributed by atoms with Gasteiger partial charge in [0.05, 0.1) is 29.3 Å². The Morgan fingerprint density at radius 1 is 1.16 bits per heavy atom. The average molecular weight is 440 g/mol. The van der Waals surface area contributed by atoms with E-state index in [1.54, 1.807) is 53.6 Å². The van der Waals surface area contributed by atoms with Crippen LogP contribution < -0.4 is 21.7 Å². The van der Waals surface area contributed by atoms with Crippen LogP contribution in [0, 0.1) is 0 Å². The first-order valence-corrected chi connectivity index (χ1v) is 10.6. The Hall–Kier alpha value is -3.50. The summed E-state index contributed by atoms with van der Waals surface area (Å²) in [4.78, 5) is 35.2. The minimum Gasteiger partial charge on any atom is -0.396 e. The molecule has 0 aliphatic heterocycles. The molecule has 0 aliphatic rings. The maximum atomic E-state index is 12.5. The number of nitrogens with two attached hydrogens (primary N) is 1. The molecule has 0 aromatic carbocycles. The number of hydrogen-bond donors (Lipinski definition) is 4. The van der Waals surface area contributed by atoms with Crippen LogP contribution >= 0.6 is 11.3 Å². The largest absolute Gasteiger partial charge is 0.396 e. The quantitative estimate of drug-likeness (QED) is 0.427. The second-order valence-corrected chi connectivity index (χ2v) is 7.90. The number of rotatable bonds is 8. The van der Waals surface area contributed by atoms with Gasteiger partial charge in [0.25, 0.3) is 5.91 Å². The average Bonchev–Trinajstić information content (AvgIpc) is 3.16. The van der Waals surface area contributed by atoms with Gasteiger partial charge >= 0.3 is 6.03 Å². The molecule has 0 aliphatic carbocycles. The standard InChI is InChI=1S/C21H25N7O2S/c1-28(2)9-7-17(27-21(30)25-15-4-3-8-23-11-15)14-5-6-18(24-10-14)20(29)26-19-13-31-12-16(19)22/h3-6,8,10-13,17H,7,9,22H2,1-2H3,(H,26,29)(H2,25,27,30). The van der Waals surface area contributed by atoms with E-state index in [2.05, 4.69) is 25.9 Å². The molecule has 0 spiro atoms. The summed E-state index contributed by atoms with van der Waals surface area (Å²) in [5.74, 6) is -0.344. The summed E-state index contributed by atoms with van der Waals surface area (Å²) in [5, 5.41) is 12.0. The van der Waals surface area contributed by atoms with Gasteiger partial charge in [0.1, 0.15) is 5.69 Å². The van der Waals surface area contributed by atoms with Gasteiger partial charge in [-0.2, -0.15) is 0 Å². The van der Waals surface area contributed by atoms with Crippen molar-refractivity contribution in [2.75, 3.05) is 37.0 Å². The van der Waals surface area contributed by atoms with E-state index in [-0.39, 0.29) is 23.7 Å². The first-order valence-electron chi connectivity index (χ1n) is 9.63. The predicted octanol–water partition coefficient (Wildman–Crippen LogP) is 3.19. The van der Waals surface area contributed by atoms with Gasteiger partial charge in [-0.15, -0.1) is 11.3 Å². The van der Waals surface area contributed by atoms with E-state index in [4.69, 9.17) is 5.73 Å². The molecule has 10 heteroatoms. The second kappa shape index (κ2) is 10.5. The van der Waals surface area contributed by atoms with Gasteiger partial charge in [-0.1, -0.05) is 6.07 Å². The number of urea groups is 1. The van der Waals surface area contributed by atoms with Gasteiger partial charge in [-0.05, 0) is 50.8 Å². The molecular formula is C21H25N7O2S. The molecule has 0 saturated heterocycles. The van der Waals surface area contributed by atoms with Crippen molar-refractivity contribution < 1.29 is 9.59 Å². The van der Waals surface area contributed by atoms with Crippen molar-refractivity contribution in [3.63, 3.8) is 0 Å².